The van der Waals surface area contributed by atoms with Gasteiger partial charge < -0.3 is 40.2 Å². The van der Waals surface area contributed by atoms with E-state index in [2.05, 4.69) is 41.2 Å². The fraction of sp³-hybridized carbons (Fsp3) is 0.375. The number of hydrogen-bond acceptors (Lipinski definition) is 12. The number of aromatic nitrogens is 4. The van der Waals surface area contributed by atoms with Crippen molar-refractivity contribution in [3.63, 3.8) is 0 Å². The summed E-state index contributed by atoms with van der Waals surface area (Å²) in [5, 5.41) is 13.2. The third kappa shape index (κ3) is 6.96. The highest BCUT2D eigenvalue weighted by Crippen LogP contribution is 2.36. The topological polar surface area (TPSA) is 137 Å². The van der Waals surface area contributed by atoms with Crippen LogP contribution in [0.15, 0.2) is 48.8 Å². The maximum atomic E-state index is 5.40. The molecule has 2 aliphatic heterocycles. The van der Waals surface area contributed by atoms with E-state index in [-0.39, 0.29) is 13.6 Å². The second-order valence-electron chi connectivity index (χ2n) is 11.5. The predicted molar refractivity (Wildman–Crippen MR) is 168 cm³/mol. The number of anilines is 6. The van der Waals surface area contributed by atoms with Crippen LogP contribution >= 0.6 is 0 Å². The van der Waals surface area contributed by atoms with E-state index < -0.39 is 0 Å². The Bertz CT molecular complexity index is 1640. The van der Waals surface area contributed by atoms with Crippen LogP contribution in [0.1, 0.15) is 36.8 Å². The SMILES string of the molecule is Cc1cnc(NCC2CC2)nc1Nc1ccc2c(c1)OCO2.Cc1cnc(Nc2ccc3c(c2)OCO3)nc1NCC1CC1. The molecule has 0 amide bonds. The molecule has 0 radical (unpaired) electrons. The van der Waals surface area contributed by atoms with Crippen LogP contribution in [0, 0.1) is 25.7 Å². The van der Waals surface area contributed by atoms with Crippen LogP contribution in [-0.2, 0) is 0 Å². The Balaban J connectivity index is 0.000000142. The lowest BCUT2D eigenvalue weighted by Gasteiger charge is -2.11. The third-order valence-corrected chi connectivity index (χ3v) is 7.71. The van der Waals surface area contributed by atoms with Crippen LogP contribution in [0.3, 0.4) is 0 Å². The molecule has 0 bridgehead atoms. The minimum absolute atomic E-state index is 0.273. The monoisotopic (exact) mass is 596 g/mol. The van der Waals surface area contributed by atoms with Gasteiger partial charge in [-0.2, -0.15) is 9.97 Å². The minimum atomic E-state index is 0.273. The van der Waals surface area contributed by atoms with Crippen LogP contribution in [-0.4, -0.2) is 46.6 Å². The molecule has 2 aromatic heterocycles. The normalized spacial score (nSPS) is 15.7. The Morgan fingerprint density at radius 3 is 1.77 bits per heavy atom. The molecular formula is C32H36N8O4. The lowest BCUT2D eigenvalue weighted by molar-refractivity contribution is 0.173. The summed E-state index contributed by atoms with van der Waals surface area (Å²) >= 11 is 0. The minimum Gasteiger partial charge on any atom is -0.454 e. The number of ether oxygens (including phenoxy) is 4. The molecular weight excluding hydrogens is 560 g/mol. The molecule has 8 rings (SSSR count). The van der Waals surface area contributed by atoms with E-state index in [0.29, 0.717) is 11.9 Å². The van der Waals surface area contributed by atoms with Crippen molar-refractivity contribution in [1.82, 2.24) is 19.9 Å². The average Bonchev–Trinajstić information content (AvgIpc) is 3.95. The van der Waals surface area contributed by atoms with Crippen molar-refractivity contribution in [1.29, 1.82) is 0 Å². The number of hydrogen-bond donors (Lipinski definition) is 4. The Morgan fingerprint density at radius 1 is 0.614 bits per heavy atom. The van der Waals surface area contributed by atoms with Gasteiger partial charge in [0.2, 0.25) is 25.5 Å². The van der Waals surface area contributed by atoms with Gasteiger partial charge in [-0.15, -0.1) is 0 Å². The van der Waals surface area contributed by atoms with E-state index >= 15 is 0 Å². The molecule has 0 atom stereocenters. The van der Waals surface area contributed by atoms with Crippen molar-refractivity contribution in [2.75, 3.05) is 47.9 Å². The Kier molecular flexibility index (Phi) is 7.78. The number of nitrogens with one attached hydrogen (secondary N) is 4. The van der Waals surface area contributed by atoms with Crippen LogP contribution in [0.5, 0.6) is 23.0 Å². The van der Waals surface area contributed by atoms with Crippen molar-refractivity contribution < 1.29 is 18.9 Å². The molecule has 4 aromatic rings. The lowest BCUT2D eigenvalue weighted by Crippen LogP contribution is -2.08. The number of rotatable bonds is 10. The van der Waals surface area contributed by atoms with Gasteiger partial charge in [-0.25, -0.2) is 9.97 Å². The maximum absolute atomic E-state index is 5.40. The number of aryl methyl sites for hydroxylation is 2. The summed E-state index contributed by atoms with van der Waals surface area (Å²) in [6, 6.07) is 11.5. The highest BCUT2D eigenvalue weighted by Gasteiger charge is 2.22. The molecule has 12 heteroatoms. The Labute approximate surface area is 255 Å². The molecule has 0 unspecified atom stereocenters. The predicted octanol–water partition coefficient (Wildman–Crippen LogP) is 6.16. The van der Waals surface area contributed by atoms with E-state index in [1.54, 1.807) is 0 Å². The fourth-order valence-corrected chi connectivity index (χ4v) is 4.67. The van der Waals surface area contributed by atoms with Crippen LogP contribution < -0.4 is 40.2 Å². The van der Waals surface area contributed by atoms with Gasteiger partial charge >= 0.3 is 0 Å². The molecule has 4 heterocycles. The average molecular weight is 597 g/mol. The van der Waals surface area contributed by atoms with Gasteiger partial charge in [0.25, 0.3) is 0 Å². The van der Waals surface area contributed by atoms with E-state index in [1.165, 1.54) is 25.7 Å². The molecule has 2 aliphatic carbocycles. The molecule has 2 saturated carbocycles. The first kappa shape index (κ1) is 27.8. The second-order valence-corrected chi connectivity index (χ2v) is 11.5. The van der Waals surface area contributed by atoms with Gasteiger partial charge in [0, 0.05) is 60.1 Å². The molecule has 2 fully saturated rings. The molecule has 0 spiro atoms. The van der Waals surface area contributed by atoms with E-state index in [1.807, 2.05) is 62.6 Å². The molecule has 228 valence electrons. The summed E-state index contributed by atoms with van der Waals surface area (Å²) < 4.78 is 21.4. The van der Waals surface area contributed by atoms with E-state index in [0.717, 1.165) is 82.1 Å². The molecule has 0 saturated heterocycles. The quantitative estimate of drug-likeness (QED) is 0.167. The van der Waals surface area contributed by atoms with Crippen molar-refractivity contribution >= 4 is 34.9 Å². The number of fused-ring (bicyclic) bond motifs is 2. The zero-order chi connectivity index (χ0) is 29.9. The van der Waals surface area contributed by atoms with E-state index in [4.69, 9.17) is 18.9 Å². The van der Waals surface area contributed by atoms with Gasteiger partial charge in [0.1, 0.15) is 11.6 Å². The zero-order valence-electron chi connectivity index (χ0n) is 24.9. The third-order valence-electron chi connectivity index (χ3n) is 7.71. The molecule has 2 aromatic carbocycles. The van der Waals surface area contributed by atoms with Gasteiger partial charge in [0.05, 0.1) is 0 Å². The summed E-state index contributed by atoms with van der Waals surface area (Å²) in [5.41, 5.74) is 3.84. The van der Waals surface area contributed by atoms with Crippen molar-refractivity contribution in [3.05, 3.63) is 59.9 Å². The Morgan fingerprint density at radius 2 is 1.14 bits per heavy atom. The zero-order valence-corrected chi connectivity index (χ0v) is 24.9. The highest BCUT2D eigenvalue weighted by molar-refractivity contribution is 5.64. The van der Waals surface area contributed by atoms with Crippen molar-refractivity contribution in [2.24, 2.45) is 11.8 Å². The van der Waals surface area contributed by atoms with Gasteiger partial charge in [-0.1, -0.05) is 0 Å². The first-order valence-corrected chi connectivity index (χ1v) is 15.0. The van der Waals surface area contributed by atoms with Crippen LogP contribution in [0.2, 0.25) is 0 Å². The highest BCUT2D eigenvalue weighted by atomic mass is 16.7. The maximum Gasteiger partial charge on any atom is 0.231 e. The smallest absolute Gasteiger partial charge is 0.231 e. The molecule has 4 N–H and O–H groups in total. The number of benzene rings is 2. The van der Waals surface area contributed by atoms with Crippen molar-refractivity contribution in [2.45, 2.75) is 39.5 Å². The molecule has 4 aliphatic rings. The van der Waals surface area contributed by atoms with E-state index in [9.17, 15) is 0 Å². The van der Waals surface area contributed by atoms with Crippen LogP contribution in [0.4, 0.5) is 34.9 Å². The largest absolute Gasteiger partial charge is 0.454 e. The first-order chi connectivity index (χ1) is 21.6. The summed E-state index contributed by atoms with van der Waals surface area (Å²) in [6.07, 6.45) is 8.91. The van der Waals surface area contributed by atoms with Gasteiger partial charge in [0.15, 0.2) is 23.0 Å². The number of nitrogens with zero attached hydrogens (tertiary/aromatic N) is 4. The standard InChI is InChI=1S/2C16H18N4O2/c1-10-7-18-16(20-15(10)17-8-11-2-3-11)19-12-4-5-13-14(6-12)22-9-21-13;1-10-7-17-16(18-8-11-2-3-11)20-15(10)19-12-4-5-13-14(6-12)22-9-21-13/h2*4-7,11H,2-3,8-9H2,1H3,(H2,17,18,19,20). The van der Waals surface area contributed by atoms with Gasteiger partial charge in [-0.05, 0) is 75.6 Å². The fourth-order valence-electron chi connectivity index (χ4n) is 4.67. The first-order valence-electron chi connectivity index (χ1n) is 15.0. The summed E-state index contributed by atoms with van der Waals surface area (Å²) in [4.78, 5) is 17.8. The van der Waals surface area contributed by atoms with Gasteiger partial charge in [-0.3, -0.25) is 0 Å². The summed E-state index contributed by atoms with van der Waals surface area (Å²) in [5.74, 6) is 7.56. The van der Waals surface area contributed by atoms with Crippen molar-refractivity contribution in [3.8, 4) is 23.0 Å². The summed E-state index contributed by atoms with van der Waals surface area (Å²) in [6.45, 7) is 6.49. The molecule has 12 nitrogen and oxygen atoms in total. The Hall–Kier alpha value is -5.00. The summed E-state index contributed by atoms with van der Waals surface area (Å²) in [7, 11) is 0. The molecule has 44 heavy (non-hydrogen) atoms. The second kappa shape index (κ2) is 12.3. The van der Waals surface area contributed by atoms with Crippen LogP contribution in [0.25, 0.3) is 0 Å². The lowest BCUT2D eigenvalue weighted by atomic mass is 10.2.